The Morgan fingerprint density at radius 3 is 2.70 bits per heavy atom. The molecule has 2 rings (SSSR count). The predicted molar refractivity (Wildman–Crippen MR) is 65.2 cm³/mol. The summed E-state index contributed by atoms with van der Waals surface area (Å²) in [4.78, 5) is 10.7. The molecule has 0 amide bonds. The molecule has 0 radical (unpaired) electrons. The van der Waals surface area contributed by atoms with Crippen LogP contribution in [0.5, 0.6) is 0 Å². The number of aromatic carboxylic acids is 1. The van der Waals surface area contributed by atoms with E-state index in [0.29, 0.717) is 5.82 Å². The molecule has 0 atom stereocenters. The first kappa shape index (κ1) is 14.1. The second-order valence-electron chi connectivity index (χ2n) is 3.97. The summed E-state index contributed by atoms with van der Waals surface area (Å²) in [5.41, 5.74) is -0.407. The minimum atomic E-state index is -4.00. The fourth-order valence-corrected chi connectivity index (χ4v) is 2.70. The van der Waals surface area contributed by atoms with E-state index in [1.165, 1.54) is 13.4 Å². The van der Waals surface area contributed by atoms with Crippen molar-refractivity contribution in [2.75, 3.05) is 0 Å². The van der Waals surface area contributed by atoms with Gasteiger partial charge in [-0.1, -0.05) is 0 Å². The average Bonchev–Trinajstić information content (AvgIpc) is 2.93. The molecule has 0 aliphatic carbocycles. The molecule has 11 heteroatoms. The van der Waals surface area contributed by atoms with Gasteiger partial charge in [-0.05, 0) is 0 Å². The molecule has 0 saturated heterocycles. The SMILES string of the molecule is Cn1cnnc1CNS(=O)(=O)c1cnn(C)c1C(=O)O. The van der Waals surface area contributed by atoms with Crippen LogP contribution in [0.25, 0.3) is 0 Å². The third-order valence-corrected chi connectivity index (χ3v) is 4.02. The Balaban J connectivity index is 2.28. The van der Waals surface area contributed by atoms with Crippen molar-refractivity contribution in [1.82, 2.24) is 29.3 Å². The fraction of sp³-hybridized carbons (Fsp3) is 0.333. The summed E-state index contributed by atoms with van der Waals surface area (Å²) in [6.45, 7) is -0.104. The molecule has 108 valence electrons. The number of hydrogen-bond donors (Lipinski definition) is 2. The molecule has 0 bridgehead atoms. The number of carboxylic acid groups (broad SMARTS) is 1. The Morgan fingerprint density at radius 1 is 1.45 bits per heavy atom. The molecular weight excluding hydrogens is 288 g/mol. The van der Waals surface area contributed by atoms with Gasteiger partial charge >= 0.3 is 5.97 Å². The standard InChI is InChI=1S/C9H12N6O4S/c1-14-5-10-13-7(14)4-12-20(18,19)6-3-11-15(2)8(6)9(16)17/h3,5,12H,4H2,1-2H3,(H,16,17). The van der Waals surface area contributed by atoms with Gasteiger partial charge in [0, 0.05) is 14.1 Å². The predicted octanol–water partition coefficient (Wildman–Crippen LogP) is -1.27. The molecule has 0 aromatic carbocycles. The lowest BCUT2D eigenvalue weighted by atomic mass is 10.4. The van der Waals surface area contributed by atoms with E-state index in [0.717, 1.165) is 10.9 Å². The van der Waals surface area contributed by atoms with Gasteiger partial charge in [0.05, 0.1) is 12.7 Å². The van der Waals surface area contributed by atoms with E-state index >= 15 is 0 Å². The largest absolute Gasteiger partial charge is 0.476 e. The van der Waals surface area contributed by atoms with Crippen LogP contribution in [0.15, 0.2) is 17.4 Å². The van der Waals surface area contributed by atoms with E-state index in [1.54, 1.807) is 11.6 Å². The van der Waals surface area contributed by atoms with Gasteiger partial charge in [-0.25, -0.2) is 17.9 Å². The summed E-state index contributed by atoms with van der Waals surface area (Å²) in [7, 11) is -0.988. The number of carboxylic acids is 1. The number of aryl methyl sites for hydroxylation is 2. The molecule has 0 aliphatic heterocycles. The van der Waals surface area contributed by atoms with Gasteiger partial charge in [0.15, 0.2) is 5.69 Å². The van der Waals surface area contributed by atoms with E-state index in [4.69, 9.17) is 5.11 Å². The zero-order valence-electron chi connectivity index (χ0n) is 10.7. The third kappa shape index (κ3) is 2.53. The van der Waals surface area contributed by atoms with E-state index in [9.17, 15) is 13.2 Å². The van der Waals surface area contributed by atoms with Gasteiger partial charge in [-0.15, -0.1) is 10.2 Å². The highest BCUT2D eigenvalue weighted by atomic mass is 32.2. The zero-order chi connectivity index (χ0) is 14.9. The number of sulfonamides is 1. The Labute approximate surface area is 114 Å². The topological polar surface area (TPSA) is 132 Å². The molecule has 2 aromatic rings. The van der Waals surface area contributed by atoms with Crippen molar-refractivity contribution >= 4 is 16.0 Å². The summed E-state index contributed by atoms with van der Waals surface area (Å²) in [6, 6.07) is 0. The molecule has 20 heavy (non-hydrogen) atoms. The Kier molecular flexibility index (Phi) is 3.55. The lowest BCUT2D eigenvalue weighted by Gasteiger charge is -2.05. The van der Waals surface area contributed by atoms with Crippen LogP contribution in [0, 0.1) is 0 Å². The first-order valence-electron chi connectivity index (χ1n) is 5.40. The van der Waals surface area contributed by atoms with Gasteiger partial charge in [-0.3, -0.25) is 4.68 Å². The molecule has 0 aliphatic rings. The molecule has 2 aromatic heterocycles. The first-order valence-corrected chi connectivity index (χ1v) is 6.89. The summed E-state index contributed by atoms with van der Waals surface area (Å²) < 4.78 is 29.0. The lowest BCUT2D eigenvalue weighted by Crippen LogP contribution is -2.26. The van der Waals surface area contributed by atoms with E-state index in [-0.39, 0.29) is 6.54 Å². The van der Waals surface area contributed by atoms with Crippen molar-refractivity contribution in [2.24, 2.45) is 14.1 Å². The first-order chi connectivity index (χ1) is 9.33. The van der Waals surface area contributed by atoms with Crippen LogP contribution in [0.2, 0.25) is 0 Å². The van der Waals surface area contributed by atoms with Crippen LogP contribution >= 0.6 is 0 Å². The van der Waals surface area contributed by atoms with Crippen LogP contribution in [-0.4, -0.2) is 44.0 Å². The van der Waals surface area contributed by atoms with E-state index in [2.05, 4.69) is 20.0 Å². The van der Waals surface area contributed by atoms with E-state index < -0.39 is 26.6 Å². The van der Waals surface area contributed by atoms with Crippen molar-refractivity contribution in [1.29, 1.82) is 0 Å². The quantitative estimate of drug-likeness (QED) is 0.703. The highest BCUT2D eigenvalue weighted by Crippen LogP contribution is 2.14. The summed E-state index contributed by atoms with van der Waals surface area (Å²) in [5.74, 6) is -0.974. The Morgan fingerprint density at radius 2 is 2.15 bits per heavy atom. The lowest BCUT2D eigenvalue weighted by molar-refractivity contribution is 0.0680. The van der Waals surface area contributed by atoms with Crippen LogP contribution in [0.1, 0.15) is 16.3 Å². The van der Waals surface area contributed by atoms with E-state index in [1.807, 2.05) is 0 Å². The fourth-order valence-electron chi connectivity index (χ4n) is 1.56. The van der Waals surface area contributed by atoms with Crippen molar-refractivity contribution in [2.45, 2.75) is 11.4 Å². The maximum Gasteiger partial charge on any atom is 0.355 e. The van der Waals surface area contributed by atoms with Crippen molar-refractivity contribution in [3.63, 3.8) is 0 Å². The van der Waals surface area contributed by atoms with Gasteiger partial charge < -0.3 is 9.67 Å². The Hall–Kier alpha value is -2.27. The van der Waals surface area contributed by atoms with Crippen molar-refractivity contribution < 1.29 is 18.3 Å². The van der Waals surface area contributed by atoms with Crippen LogP contribution in [-0.2, 0) is 30.7 Å². The van der Waals surface area contributed by atoms with Crippen molar-refractivity contribution in [3.05, 3.63) is 24.0 Å². The number of carbonyl (C=O) groups is 1. The molecular formula is C9H12N6O4S. The average molecular weight is 300 g/mol. The number of nitrogens with zero attached hydrogens (tertiary/aromatic N) is 5. The van der Waals surface area contributed by atoms with Gasteiger partial charge in [-0.2, -0.15) is 5.10 Å². The minimum absolute atomic E-state index is 0.104. The monoisotopic (exact) mass is 300 g/mol. The molecule has 0 unspecified atom stereocenters. The summed E-state index contributed by atoms with van der Waals surface area (Å²) >= 11 is 0. The zero-order valence-corrected chi connectivity index (χ0v) is 11.5. The van der Waals surface area contributed by atoms with Gasteiger partial charge in [0.25, 0.3) is 0 Å². The maximum atomic E-state index is 12.1. The van der Waals surface area contributed by atoms with Gasteiger partial charge in [0.2, 0.25) is 10.0 Å². The maximum absolute atomic E-state index is 12.1. The van der Waals surface area contributed by atoms with Crippen molar-refractivity contribution in [3.8, 4) is 0 Å². The Bertz CT molecular complexity index is 746. The molecule has 2 heterocycles. The molecule has 0 saturated carbocycles. The number of nitrogens with one attached hydrogen (secondary N) is 1. The minimum Gasteiger partial charge on any atom is -0.476 e. The number of aromatic nitrogens is 5. The summed E-state index contributed by atoms with van der Waals surface area (Å²) in [5, 5.41) is 20.0. The second-order valence-corrected chi connectivity index (χ2v) is 5.70. The highest BCUT2D eigenvalue weighted by Gasteiger charge is 2.26. The summed E-state index contributed by atoms with van der Waals surface area (Å²) in [6.07, 6.45) is 2.42. The third-order valence-electron chi connectivity index (χ3n) is 2.62. The molecule has 0 fully saturated rings. The molecule has 0 spiro atoms. The van der Waals surface area contributed by atoms with Crippen LogP contribution in [0.3, 0.4) is 0 Å². The number of hydrogen-bond acceptors (Lipinski definition) is 6. The number of rotatable bonds is 5. The van der Waals surface area contributed by atoms with Gasteiger partial charge in [0.1, 0.15) is 17.0 Å². The molecule has 10 nitrogen and oxygen atoms in total. The molecule has 2 N–H and O–H groups in total. The second kappa shape index (κ2) is 5.02. The highest BCUT2D eigenvalue weighted by molar-refractivity contribution is 7.89. The normalized spacial score (nSPS) is 11.7. The van der Waals surface area contributed by atoms with Crippen LogP contribution < -0.4 is 4.72 Å². The smallest absolute Gasteiger partial charge is 0.355 e. The van der Waals surface area contributed by atoms with Crippen LogP contribution in [0.4, 0.5) is 0 Å².